The molecule has 0 aliphatic carbocycles. The highest BCUT2D eigenvalue weighted by Crippen LogP contribution is 2.23. The maximum atomic E-state index is 12.9. The largest absolute Gasteiger partial charge is 0.488 e. The quantitative estimate of drug-likeness (QED) is 0.866. The predicted molar refractivity (Wildman–Crippen MR) is 57.9 cm³/mol. The predicted octanol–water partition coefficient (Wildman–Crippen LogP) is 2.99. The van der Waals surface area contributed by atoms with Crippen LogP contribution in [0.3, 0.4) is 0 Å². The molecule has 0 fully saturated rings. The lowest BCUT2D eigenvalue weighted by molar-refractivity contribution is -0.138. The lowest BCUT2D eigenvalue weighted by Crippen LogP contribution is -2.29. The molecule has 1 rings (SSSR count). The first-order valence-electron chi connectivity index (χ1n) is 5.16. The number of halogens is 2. The summed E-state index contributed by atoms with van der Waals surface area (Å²) in [6, 6.07) is 3.22. The fourth-order valence-corrected chi connectivity index (χ4v) is 1.32. The van der Waals surface area contributed by atoms with Gasteiger partial charge in [-0.2, -0.15) is 0 Å². The van der Waals surface area contributed by atoms with Gasteiger partial charge < -0.3 is 9.84 Å². The van der Waals surface area contributed by atoms with E-state index in [1.54, 1.807) is 13.8 Å². The minimum absolute atomic E-state index is 0.0450. The van der Waals surface area contributed by atoms with E-state index in [9.17, 15) is 13.6 Å². The van der Waals surface area contributed by atoms with Crippen molar-refractivity contribution in [2.75, 3.05) is 0 Å². The molecule has 17 heavy (non-hydrogen) atoms. The maximum absolute atomic E-state index is 12.9. The maximum Gasteiger partial charge on any atom is 0.303 e. The zero-order valence-corrected chi connectivity index (χ0v) is 9.67. The minimum atomic E-state index is -0.989. The van der Waals surface area contributed by atoms with Gasteiger partial charge in [-0.15, -0.1) is 0 Å². The van der Waals surface area contributed by atoms with Gasteiger partial charge in [-0.1, -0.05) is 0 Å². The Morgan fingerprint density at radius 2 is 2.00 bits per heavy atom. The third kappa shape index (κ3) is 4.38. The van der Waals surface area contributed by atoms with Crippen LogP contribution in [0.25, 0.3) is 0 Å². The van der Waals surface area contributed by atoms with Crippen LogP contribution < -0.4 is 4.74 Å². The van der Waals surface area contributed by atoms with Crippen molar-refractivity contribution in [3.63, 3.8) is 0 Å². The van der Waals surface area contributed by atoms with E-state index in [4.69, 9.17) is 9.84 Å². The van der Waals surface area contributed by atoms with E-state index in [-0.39, 0.29) is 18.6 Å². The summed E-state index contributed by atoms with van der Waals surface area (Å²) in [5.74, 6) is -2.68. The average Bonchev–Trinajstić information content (AvgIpc) is 2.21. The molecule has 1 aromatic carbocycles. The Balaban J connectivity index is 2.68. The summed E-state index contributed by atoms with van der Waals surface area (Å²) in [5, 5.41) is 8.56. The second-order valence-electron chi connectivity index (χ2n) is 4.33. The van der Waals surface area contributed by atoms with Crippen molar-refractivity contribution < 1.29 is 23.4 Å². The number of hydrogen-bond acceptors (Lipinski definition) is 2. The molecule has 0 amide bonds. The molecule has 0 bridgehead atoms. The van der Waals surface area contributed by atoms with Gasteiger partial charge in [0.2, 0.25) is 0 Å². The molecule has 0 saturated carbocycles. The standard InChI is InChI=1S/C12H14F2O3/c1-12(2,6-5-11(15)16)17-8-3-4-9(13)10(14)7-8/h3-4,7H,5-6H2,1-2H3,(H,15,16). The van der Waals surface area contributed by atoms with Gasteiger partial charge in [0.15, 0.2) is 11.6 Å². The van der Waals surface area contributed by atoms with Crippen LogP contribution in [0.4, 0.5) is 8.78 Å². The van der Waals surface area contributed by atoms with Gasteiger partial charge in [0.25, 0.3) is 0 Å². The molecule has 0 aliphatic rings. The van der Waals surface area contributed by atoms with Crippen LogP contribution in [-0.2, 0) is 4.79 Å². The second-order valence-corrected chi connectivity index (χ2v) is 4.33. The molecule has 0 heterocycles. The summed E-state index contributed by atoms with van der Waals surface area (Å²) in [6.45, 7) is 3.38. The molecular formula is C12H14F2O3. The normalized spacial score (nSPS) is 11.3. The van der Waals surface area contributed by atoms with Gasteiger partial charge in [0.05, 0.1) is 0 Å². The van der Waals surface area contributed by atoms with E-state index in [2.05, 4.69) is 0 Å². The highest BCUT2D eigenvalue weighted by molar-refractivity contribution is 5.66. The van der Waals surface area contributed by atoms with Gasteiger partial charge in [-0.3, -0.25) is 4.79 Å². The molecule has 0 unspecified atom stereocenters. The van der Waals surface area contributed by atoms with Crippen LogP contribution in [0.1, 0.15) is 26.7 Å². The van der Waals surface area contributed by atoms with Crippen LogP contribution in [0.15, 0.2) is 18.2 Å². The van der Waals surface area contributed by atoms with Crippen molar-refractivity contribution in [2.24, 2.45) is 0 Å². The Morgan fingerprint density at radius 1 is 1.35 bits per heavy atom. The van der Waals surface area contributed by atoms with Crippen molar-refractivity contribution in [1.29, 1.82) is 0 Å². The summed E-state index contributed by atoms with van der Waals surface area (Å²) < 4.78 is 31.0. The Hall–Kier alpha value is -1.65. The molecular weight excluding hydrogens is 230 g/mol. The van der Waals surface area contributed by atoms with Crippen molar-refractivity contribution in [3.05, 3.63) is 29.8 Å². The fourth-order valence-electron chi connectivity index (χ4n) is 1.32. The number of rotatable bonds is 5. The Bertz CT molecular complexity index is 416. The second kappa shape index (κ2) is 5.12. The van der Waals surface area contributed by atoms with Crippen LogP contribution in [0, 0.1) is 11.6 Å². The smallest absolute Gasteiger partial charge is 0.303 e. The van der Waals surface area contributed by atoms with Gasteiger partial charge in [-0.25, -0.2) is 8.78 Å². The highest BCUT2D eigenvalue weighted by atomic mass is 19.2. The first-order valence-corrected chi connectivity index (χ1v) is 5.16. The molecule has 0 atom stereocenters. The summed E-state index contributed by atoms with van der Waals surface area (Å²) >= 11 is 0. The summed E-state index contributed by atoms with van der Waals surface area (Å²) in [6.07, 6.45) is 0.234. The Kier molecular flexibility index (Phi) is 4.04. The molecule has 94 valence electrons. The lowest BCUT2D eigenvalue weighted by atomic mass is 10.0. The van der Waals surface area contributed by atoms with Crippen LogP contribution in [-0.4, -0.2) is 16.7 Å². The topological polar surface area (TPSA) is 46.5 Å². The number of ether oxygens (including phenoxy) is 1. The molecule has 3 nitrogen and oxygen atoms in total. The zero-order valence-electron chi connectivity index (χ0n) is 9.67. The van der Waals surface area contributed by atoms with Crippen LogP contribution in [0.2, 0.25) is 0 Å². The van der Waals surface area contributed by atoms with Crippen molar-refractivity contribution in [1.82, 2.24) is 0 Å². The minimum Gasteiger partial charge on any atom is -0.488 e. The SMILES string of the molecule is CC(C)(CCC(=O)O)Oc1ccc(F)c(F)c1. The zero-order chi connectivity index (χ0) is 13.1. The van der Waals surface area contributed by atoms with E-state index in [1.807, 2.05) is 0 Å². The van der Waals surface area contributed by atoms with Crippen molar-refractivity contribution in [3.8, 4) is 5.75 Å². The third-order valence-electron chi connectivity index (χ3n) is 2.23. The summed E-state index contributed by atoms with van der Waals surface area (Å²) in [5.41, 5.74) is -0.747. The number of carboxylic acid groups (broad SMARTS) is 1. The monoisotopic (exact) mass is 244 g/mol. The number of carbonyl (C=O) groups is 1. The lowest BCUT2D eigenvalue weighted by Gasteiger charge is -2.25. The molecule has 0 aliphatic heterocycles. The summed E-state index contributed by atoms with van der Waals surface area (Å²) in [7, 11) is 0. The van der Waals surface area contributed by atoms with Crippen LogP contribution in [0.5, 0.6) is 5.75 Å². The third-order valence-corrected chi connectivity index (χ3v) is 2.23. The number of benzene rings is 1. The molecule has 1 N–H and O–H groups in total. The highest BCUT2D eigenvalue weighted by Gasteiger charge is 2.21. The Labute approximate surface area is 98.0 Å². The van der Waals surface area contributed by atoms with E-state index in [1.165, 1.54) is 6.07 Å². The van der Waals surface area contributed by atoms with Crippen LogP contribution >= 0.6 is 0 Å². The molecule has 0 saturated heterocycles. The summed E-state index contributed by atoms with van der Waals surface area (Å²) in [4.78, 5) is 10.4. The van der Waals surface area contributed by atoms with E-state index in [0.29, 0.717) is 0 Å². The molecule has 0 aromatic heterocycles. The van der Waals surface area contributed by atoms with Crippen molar-refractivity contribution in [2.45, 2.75) is 32.3 Å². The molecule has 5 heteroatoms. The van der Waals surface area contributed by atoms with E-state index in [0.717, 1.165) is 12.1 Å². The Morgan fingerprint density at radius 3 is 2.53 bits per heavy atom. The van der Waals surface area contributed by atoms with Gasteiger partial charge >= 0.3 is 5.97 Å². The molecule has 0 radical (unpaired) electrons. The molecule has 1 aromatic rings. The first-order chi connectivity index (χ1) is 7.80. The fraction of sp³-hybridized carbons (Fsp3) is 0.417. The van der Waals surface area contributed by atoms with Gasteiger partial charge in [0, 0.05) is 12.5 Å². The first kappa shape index (κ1) is 13.4. The van der Waals surface area contributed by atoms with Gasteiger partial charge in [-0.05, 0) is 32.4 Å². The van der Waals surface area contributed by atoms with E-state index < -0.39 is 23.2 Å². The number of aliphatic carboxylic acids is 1. The van der Waals surface area contributed by atoms with Crippen molar-refractivity contribution >= 4 is 5.97 Å². The average molecular weight is 244 g/mol. The number of hydrogen-bond donors (Lipinski definition) is 1. The molecule has 0 spiro atoms. The number of carboxylic acids is 1. The van der Waals surface area contributed by atoms with E-state index >= 15 is 0 Å². The van der Waals surface area contributed by atoms with Gasteiger partial charge in [0.1, 0.15) is 11.4 Å².